The molecule has 3 saturated carbocycles. The molecular formula is C27H35N3O. The van der Waals surface area contributed by atoms with E-state index in [0.717, 1.165) is 41.6 Å². The lowest BCUT2D eigenvalue weighted by Crippen LogP contribution is -2.59. The summed E-state index contributed by atoms with van der Waals surface area (Å²) < 4.78 is 0. The van der Waals surface area contributed by atoms with Crippen molar-refractivity contribution in [3.05, 3.63) is 42.2 Å². The van der Waals surface area contributed by atoms with Crippen molar-refractivity contribution in [1.82, 2.24) is 14.9 Å². The molecule has 1 aliphatic heterocycles. The zero-order valence-corrected chi connectivity index (χ0v) is 19.1. The highest BCUT2D eigenvalue weighted by Gasteiger charge is 2.60. The Morgan fingerprint density at radius 2 is 1.94 bits per heavy atom. The lowest BCUT2D eigenvalue weighted by molar-refractivity contribution is -0.138. The van der Waals surface area contributed by atoms with E-state index in [9.17, 15) is 4.79 Å². The molecule has 1 aromatic heterocycles. The van der Waals surface area contributed by atoms with E-state index in [1.54, 1.807) is 0 Å². The molecule has 1 amide bonds. The number of fused-ring (bicyclic) bond motifs is 6. The SMILES string of the molecule is CN1C(=O)C=C[C@@]2(C)C1CC[C@@H]1[C@H]2CC[C@]2(C)C(Cc3nc4ccccc4[nH]3)CC[C@@H]12. The summed E-state index contributed by atoms with van der Waals surface area (Å²) in [5.41, 5.74) is 2.82. The van der Waals surface area contributed by atoms with Crippen LogP contribution in [0.1, 0.15) is 58.2 Å². The normalized spacial score (nSPS) is 41.8. The van der Waals surface area contributed by atoms with Gasteiger partial charge in [0.2, 0.25) is 5.91 Å². The summed E-state index contributed by atoms with van der Waals surface area (Å²) in [6, 6.07) is 8.78. The van der Waals surface area contributed by atoms with Crippen LogP contribution < -0.4 is 0 Å². The van der Waals surface area contributed by atoms with Gasteiger partial charge in [-0.25, -0.2) is 4.98 Å². The number of imidazole rings is 1. The van der Waals surface area contributed by atoms with E-state index >= 15 is 0 Å². The Morgan fingerprint density at radius 1 is 1.10 bits per heavy atom. The first kappa shape index (κ1) is 19.6. The quantitative estimate of drug-likeness (QED) is 0.715. The summed E-state index contributed by atoms with van der Waals surface area (Å²) >= 11 is 0. The second kappa shape index (κ2) is 6.70. The van der Waals surface area contributed by atoms with Gasteiger partial charge in [-0.15, -0.1) is 0 Å². The molecule has 2 unspecified atom stereocenters. The Balaban J connectivity index is 1.26. The third-order valence-electron chi connectivity index (χ3n) is 10.2. The maximum atomic E-state index is 12.3. The van der Waals surface area contributed by atoms with Gasteiger partial charge in [-0.3, -0.25) is 4.79 Å². The fourth-order valence-corrected chi connectivity index (χ4v) is 8.52. The summed E-state index contributed by atoms with van der Waals surface area (Å²) in [4.78, 5) is 22.8. The van der Waals surface area contributed by atoms with Crippen molar-refractivity contribution in [3.8, 4) is 0 Å². The average Bonchev–Trinajstić information content (AvgIpc) is 3.32. The third-order valence-corrected chi connectivity index (χ3v) is 10.2. The molecule has 3 aliphatic carbocycles. The molecule has 164 valence electrons. The standard InChI is InChI=1S/C27H35N3O/c1-26-14-12-20-18(9-11-23-27(20,2)15-13-25(31)30(23)3)19(26)10-8-17(26)16-24-28-21-6-4-5-7-22(21)29-24/h4-7,13,15,17-20,23H,8-12,14,16H2,1-3H3,(H,28,29)/t17?,18-,19-,20+,23?,26+,27+/m0/s1. The summed E-state index contributed by atoms with van der Waals surface area (Å²) in [7, 11) is 2.01. The lowest BCUT2D eigenvalue weighted by Gasteiger charge is -2.60. The zero-order valence-electron chi connectivity index (χ0n) is 19.1. The van der Waals surface area contributed by atoms with Crippen molar-refractivity contribution >= 4 is 16.9 Å². The maximum Gasteiger partial charge on any atom is 0.246 e. The Kier molecular flexibility index (Phi) is 4.23. The molecule has 0 saturated heterocycles. The molecule has 2 aromatic rings. The van der Waals surface area contributed by atoms with Crippen molar-refractivity contribution in [2.75, 3.05) is 7.05 Å². The molecule has 31 heavy (non-hydrogen) atoms. The molecule has 3 fully saturated rings. The number of carbonyl (C=O) groups excluding carboxylic acids is 1. The van der Waals surface area contributed by atoms with Gasteiger partial charge in [0, 0.05) is 24.9 Å². The molecule has 6 rings (SSSR count). The smallest absolute Gasteiger partial charge is 0.246 e. The second-order valence-electron chi connectivity index (χ2n) is 11.3. The summed E-state index contributed by atoms with van der Waals surface area (Å²) in [5.74, 6) is 4.40. The molecule has 4 heteroatoms. The number of H-pyrrole nitrogens is 1. The highest BCUT2D eigenvalue weighted by molar-refractivity contribution is 5.89. The minimum atomic E-state index is 0.143. The van der Waals surface area contributed by atoms with Crippen molar-refractivity contribution in [2.45, 2.75) is 64.8 Å². The van der Waals surface area contributed by atoms with Crippen LogP contribution in [0.2, 0.25) is 0 Å². The topological polar surface area (TPSA) is 49.0 Å². The lowest BCUT2D eigenvalue weighted by atomic mass is 9.47. The number of hydrogen-bond donors (Lipinski definition) is 1. The van der Waals surface area contributed by atoms with Crippen molar-refractivity contribution in [2.24, 2.45) is 34.5 Å². The van der Waals surface area contributed by atoms with Crippen molar-refractivity contribution in [1.29, 1.82) is 0 Å². The first-order valence-electron chi connectivity index (χ1n) is 12.3. The number of carbonyl (C=O) groups is 1. The number of nitrogens with one attached hydrogen (secondary N) is 1. The van der Waals surface area contributed by atoms with Gasteiger partial charge in [0.25, 0.3) is 0 Å². The van der Waals surface area contributed by atoms with E-state index in [0.29, 0.717) is 17.4 Å². The molecule has 1 N–H and O–H groups in total. The fourth-order valence-electron chi connectivity index (χ4n) is 8.52. The van der Waals surface area contributed by atoms with E-state index in [2.05, 4.69) is 49.2 Å². The van der Waals surface area contributed by atoms with Gasteiger partial charge < -0.3 is 9.88 Å². The summed E-state index contributed by atoms with van der Waals surface area (Å²) in [5, 5.41) is 0. The number of para-hydroxylation sites is 2. The number of rotatable bonds is 2. The number of hydrogen-bond acceptors (Lipinski definition) is 2. The minimum absolute atomic E-state index is 0.143. The largest absolute Gasteiger partial charge is 0.342 e. The number of aromatic nitrogens is 2. The van der Waals surface area contributed by atoms with Crippen LogP contribution in [-0.4, -0.2) is 33.9 Å². The highest BCUT2D eigenvalue weighted by Crippen LogP contribution is 2.65. The summed E-state index contributed by atoms with van der Waals surface area (Å²) in [6.07, 6.45) is 13.0. The van der Waals surface area contributed by atoms with Crippen LogP contribution in [0.25, 0.3) is 11.0 Å². The first-order valence-corrected chi connectivity index (χ1v) is 12.3. The Labute approximate surface area is 185 Å². The molecule has 0 radical (unpaired) electrons. The Bertz CT molecular complexity index is 1020. The molecule has 7 atom stereocenters. The first-order chi connectivity index (χ1) is 14.9. The van der Waals surface area contributed by atoms with Gasteiger partial charge in [0.1, 0.15) is 5.82 Å². The number of likely N-dealkylation sites (N-methyl/N-ethyl adjacent to an activating group) is 1. The number of aromatic amines is 1. The molecule has 1 aromatic carbocycles. The molecule has 0 spiro atoms. The third kappa shape index (κ3) is 2.72. The van der Waals surface area contributed by atoms with Gasteiger partial charge in [-0.05, 0) is 85.8 Å². The molecule has 4 aliphatic rings. The second-order valence-corrected chi connectivity index (χ2v) is 11.3. The fraction of sp³-hybridized carbons (Fsp3) is 0.630. The number of benzene rings is 1. The van der Waals surface area contributed by atoms with Crippen LogP contribution in [0.5, 0.6) is 0 Å². The zero-order chi connectivity index (χ0) is 21.4. The van der Waals surface area contributed by atoms with Crippen LogP contribution in [0.4, 0.5) is 0 Å². The summed E-state index contributed by atoms with van der Waals surface area (Å²) in [6.45, 7) is 5.03. The molecule has 4 nitrogen and oxygen atoms in total. The van der Waals surface area contributed by atoms with Gasteiger partial charge in [-0.1, -0.05) is 32.1 Å². The van der Waals surface area contributed by atoms with Gasteiger partial charge in [-0.2, -0.15) is 0 Å². The molecular weight excluding hydrogens is 382 g/mol. The van der Waals surface area contributed by atoms with Crippen molar-refractivity contribution < 1.29 is 4.79 Å². The van der Waals surface area contributed by atoms with Crippen LogP contribution in [0, 0.1) is 34.5 Å². The van der Waals surface area contributed by atoms with E-state index in [-0.39, 0.29) is 11.3 Å². The predicted molar refractivity (Wildman–Crippen MR) is 123 cm³/mol. The Hall–Kier alpha value is -2.10. The van der Waals surface area contributed by atoms with E-state index < -0.39 is 0 Å². The molecule has 0 bridgehead atoms. The van der Waals surface area contributed by atoms with Gasteiger partial charge in [0.15, 0.2) is 0 Å². The number of nitrogens with zero attached hydrogens (tertiary/aromatic N) is 2. The van der Waals surface area contributed by atoms with Gasteiger partial charge >= 0.3 is 0 Å². The van der Waals surface area contributed by atoms with Crippen LogP contribution in [0.3, 0.4) is 0 Å². The van der Waals surface area contributed by atoms with Crippen molar-refractivity contribution in [3.63, 3.8) is 0 Å². The number of amides is 1. The molecule has 2 heterocycles. The monoisotopic (exact) mass is 417 g/mol. The maximum absolute atomic E-state index is 12.3. The average molecular weight is 418 g/mol. The van der Waals surface area contributed by atoms with Crippen LogP contribution in [-0.2, 0) is 11.2 Å². The predicted octanol–water partition coefficient (Wildman–Crippen LogP) is 5.36. The van der Waals surface area contributed by atoms with Crippen LogP contribution >= 0.6 is 0 Å². The van der Waals surface area contributed by atoms with E-state index in [1.165, 1.54) is 37.9 Å². The Morgan fingerprint density at radius 3 is 2.77 bits per heavy atom. The van der Waals surface area contributed by atoms with Crippen LogP contribution in [0.15, 0.2) is 36.4 Å². The van der Waals surface area contributed by atoms with E-state index in [4.69, 9.17) is 4.98 Å². The van der Waals surface area contributed by atoms with E-state index in [1.807, 2.05) is 18.0 Å². The minimum Gasteiger partial charge on any atom is -0.342 e. The van der Waals surface area contributed by atoms with Gasteiger partial charge in [0.05, 0.1) is 11.0 Å². The highest BCUT2D eigenvalue weighted by atomic mass is 16.2.